The van der Waals surface area contributed by atoms with E-state index in [1.54, 1.807) is 6.07 Å². The molecule has 94 valence electrons. The topological polar surface area (TPSA) is 48.1 Å². The van der Waals surface area contributed by atoms with E-state index < -0.39 is 11.6 Å². The van der Waals surface area contributed by atoms with Gasteiger partial charge in [0.25, 0.3) is 0 Å². The van der Waals surface area contributed by atoms with Crippen LogP contribution in [0.5, 0.6) is 5.75 Å². The molecule has 6 heteroatoms. The molecule has 2 N–H and O–H groups in total. The first kappa shape index (κ1) is 12.6. The Morgan fingerprint density at radius 2 is 2.06 bits per heavy atom. The van der Waals surface area contributed by atoms with Crippen LogP contribution in [0.1, 0.15) is 5.56 Å². The van der Waals surface area contributed by atoms with Crippen LogP contribution < -0.4 is 10.5 Å². The number of hydrogen-bond acceptors (Lipinski definition) is 3. The van der Waals surface area contributed by atoms with Crippen molar-refractivity contribution in [1.82, 2.24) is 4.98 Å². The number of benzene rings is 1. The fraction of sp³-hybridized carbons (Fsp3) is 0.0833. The lowest BCUT2D eigenvalue weighted by molar-refractivity contribution is 0.288. The van der Waals surface area contributed by atoms with Gasteiger partial charge in [0.1, 0.15) is 12.4 Å². The van der Waals surface area contributed by atoms with E-state index in [9.17, 15) is 8.78 Å². The molecule has 0 unspecified atom stereocenters. The van der Waals surface area contributed by atoms with Gasteiger partial charge in [0.15, 0.2) is 11.6 Å². The smallest absolute Gasteiger partial charge is 0.167 e. The number of rotatable bonds is 3. The van der Waals surface area contributed by atoms with Gasteiger partial charge in [-0.25, -0.2) is 8.78 Å². The first-order valence-corrected chi connectivity index (χ1v) is 5.41. The Hall–Kier alpha value is -1.88. The summed E-state index contributed by atoms with van der Waals surface area (Å²) in [6.07, 6.45) is 2.98. The maximum atomic E-state index is 13.4. The van der Waals surface area contributed by atoms with Gasteiger partial charge in [-0.2, -0.15) is 0 Å². The van der Waals surface area contributed by atoms with Crippen LogP contribution in [0.25, 0.3) is 0 Å². The van der Waals surface area contributed by atoms with Crippen molar-refractivity contribution in [2.45, 2.75) is 6.61 Å². The molecule has 0 fully saturated rings. The Morgan fingerprint density at radius 1 is 1.28 bits per heavy atom. The van der Waals surface area contributed by atoms with Crippen LogP contribution in [0.2, 0.25) is 5.02 Å². The van der Waals surface area contributed by atoms with E-state index >= 15 is 0 Å². The van der Waals surface area contributed by atoms with Crippen LogP contribution in [0.4, 0.5) is 14.5 Å². The van der Waals surface area contributed by atoms with Gasteiger partial charge in [0, 0.05) is 30.1 Å². The quantitative estimate of drug-likeness (QED) is 0.872. The maximum absolute atomic E-state index is 13.4. The Morgan fingerprint density at radius 3 is 2.78 bits per heavy atom. The summed E-state index contributed by atoms with van der Waals surface area (Å²) in [4.78, 5) is 3.81. The Kier molecular flexibility index (Phi) is 3.62. The van der Waals surface area contributed by atoms with Crippen molar-refractivity contribution in [2.75, 3.05) is 5.73 Å². The summed E-state index contributed by atoms with van der Waals surface area (Å²) in [7, 11) is 0. The van der Waals surface area contributed by atoms with Gasteiger partial charge in [-0.3, -0.25) is 4.98 Å². The van der Waals surface area contributed by atoms with Crippen LogP contribution in [-0.2, 0) is 6.61 Å². The summed E-state index contributed by atoms with van der Waals surface area (Å²) in [5, 5.41) is 0.397. The summed E-state index contributed by atoms with van der Waals surface area (Å²) < 4.78 is 31.7. The molecular formula is C12H9ClF2N2O. The molecule has 0 aliphatic carbocycles. The van der Waals surface area contributed by atoms with Gasteiger partial charge < -0.3 is 10.5 Å². The lowest BCUT2D eigenvalue weighted by Gasteiger charge is -2.09. The second kappa shape index (κ2) is 5.18. The lowest BCUT2D eigenvalue weighted by atomic mass is 10.2. The molecule has 0 atom stereocenters. The Balaban J connectivity index is 2.16. The number of ether oxygens (including phenoxy) is 1. The van der Waals surface area contributed by atoms with Crippen molar-refractivity contribution in [3.63, 3.8) is 0 Å². The van der Waals surface area contributed by atoms with Gasteiger partial charge in [-0.15, -0.1) is 0 Å². The molecule has 0 spiro atoms. The largest absolute Gasteiger partial charge is 0.486 e. The number of halogens is 3. The van der Waals surface area contributed by atoms with Gasteiger partial charge in [0.05, 0.1) is 10.7 Å². The fourth-order valence-electron chi connectivity index (χ4n) is 1.33. The van der Waals surface area contributed by atoms with E-state index in [2.05, 4.69) is 4.98 Å². The van der Waals surface area contributed by atoms with Crippen LogP contribution >= 0.6 is 11.6 Å². The first-order valence-electron chi connectivity index (χ1n) is 5.03. The minimum Gasteiger partial charge on any atom is -0.486 e. The third-order valence-corrected chi connectivity index (χ3v) is 2.63. The predicted molar refractivity (Wildman–Crippen MR) is 64.3 cm³/mol. The van der Waals surface area contributed by atoms with E-state index in [1.165, 1.54) is 12.4 Å². The number of hydrogen-bond donors (Lipinski definition) is 1. The molecule has 0 aliphatic heterocycles. The van der Waals surface area contributed by atoms with Crippen molar-refractivity contribution >= 4 is 17.3 Å². The van der Waals surface area contributed by atoms with E-state index in [4.69, 9.17) is 22.1 Å². The summed E-state index contributed by atoms with van der Waals surface area (Å²) in [6.45, 7) is 0.0155. The third-order valence-electron chi connectivity index (χ3n) is 2.29. The Labute approximate surface area is 107 Å². The number of anilines is 1. The SMILES string of the molecule is Nc1cc(F)c(OCc2ccncc2Cl)cc1F. The number of nitrogen functional groups attached to an aromatic ring is 1. The summed E-state index contributed by atoms with van der Waals surface area (Å²) in [6, 6.07) is 3.41. The average molecular weight is 271 g/mol. The zero-order chi connectivity index (χ0) is 13.1. The maximum Gasteiger partial charge on any atom is 0.167 e. The van der Waals surface area contributed by atoms with Crippen LogP contribution in [0.3, 0.4) is 0 Å². The van der Waals surface area contributed by atoms with E-state index in [0.717, 1.165) is 12.1 Å². The van der Waals surface area contributed by atoms with Crippen LogP contribution in [-0.4, -0.2) is 4.98 Å². The van der Waals surface area contributed by atoms with Crippen molar-refractivity contribution in [1.29, 1.82) is 0 Å². The standard InChI is InChI=1S/C12H9ClF2N2O/c13-8-5-17-2-1-7(8)6-18-12-4-9(14)11(16)3-10(12)15/h1-5H,6,16H2. The zero-order valence-electron chi connectivity index (χ0n) is 9.16. The summed E-state index contributed by atoms with van der Waals surface area (Å²) >= 11 is 5.86. The molecule has 0 saturated heterocycles. The molecule has 0 aliphatic rings. The van der Waals surface area contributed by atoms with Gasteiger partial charge in [0.2, 0.25) is 0 Å². The molecule has 0 amide bonds. The van der Waals surface area contributed by atoms with E-state index in [1.807, 2.05) is 0 Å². The minimum absolute atomic E-state index is 0.0155. The molecule has 0 radical (unpaired) electrons. The van der Waals surface area contributed by atoms with Crippen molar-refractivity contribution < 1.29 is 13.5 Å². The first-order chi connectivity index (χ1) is 8.58. The number of nitrogens with two attached hydrogens (primary N) is 1. The lowest BCUT2D eigenvalue weighted by Crippen LogP contribution is -2.01. The van der Waals surface area contributed by atoms with Crippen molar-refractivity contribution in [2.24, 2.45) is 0 Å². The highest BCUT2D eigenvalue weighted by atomic mass is 35.5. The van der Waals surface area contributed by atoms with Gasteiger partial charge in [-0.1, -0.05) is 11.6 Å². The van der Waals surface area contributed by atoms with Gasteiger partial charge >= 0.3 is 0 Å². The molecule has 1 aromatic heterocycles. The molecule has 0 bridgehead atoms. The molecule has 18 heavy (non-hydrogen) atoms. The molecule has 3 nitrogen and oxygen atoms in total. The normalized spacial score (nSPS) is 10.4. The summed E-state index contributed by atoms with van der Waals surface area (Å²) in [5.74, 6) is -1.67. The van der Waals surface area contributed by atoms with Crippen LogP contribution in [0.15, 0.2) is 30.6 Å². The molecule has 2 aromatic rings. The average Bonchev–Trinajstić information content (AvgIpc) is 2.34. The highest BCUT2D eigenvalue weighted by Crippen LogP contribution is 2.24. The van der Waals surface area contributed by atoms with Crippen molar-refractivity contribution in [3.8, 4) is 5.75 Å². The molecule has 2 rings (SSSR count). The molecular weight excluding hydrogens is 262 g/mol. The zero-order valence-corrected chi connectivity index (χ0v) is 9.92. The molecule has 1 heterocycles. The van der Waals surface area contributed by atoms with E-state index in [0.29, 0.717) is 10.6 Å². The monoisotopic (exact) mass is 270 g/mol. The number of nitrogens with zero attached hydrogens (tertiary/aromatic N) is 1. The minimum atomic E-state index is -0.729. The second-order valence-electron chi connectivity index (χ2n) is 3.56. The number of aromatic nitrogens is 1. The molecule has 1 aromatic carbocycles. The predicted octanol–water partition coefficient (Wildman–Crippen LogP) is 3.17. The molecule has 0 saturated carbocycles. The highest BCUT2D eigenvalue weighted by Gasteiger charge is 2.10. The van der Waals surface area contributed by atoms with E-state index in [-0.39, 0.29) is 18.0 Å². The van der Waals surface area contributed by atoms with Crippen LogP contribution in [0, 0.1) is 11.6 Å². The fourth-order valence-corrected chi connectivity index (χ4v) is 1.51. The van der Waals surface area contributed by atoms with Gasteiger partial charge in [-0.05, 0) is 6.07 Å². The third kappa shape index (κ3) is 2.68. The number of pyridine rings is 1. The second-order valence-corrected chi connectivity index (χ2v) is 3.97. The highest BCUT2D eigenvalue weighted by molar-refractivity contribution is 6.31. The summed E-state index contributed by atoms with van der Waals surface area (Å²) in [5.41, 5.74) is 5.59. The van der Waals surface area contributed by atoms with Crippen molar-refractivity contribution in [3.05, 3.63) is 52.8 Å². The Bertz CT molecular complexity index is 578.